The lowest BCUT2D eigenvalue weighted by molar-refractivity contribution is 0.248. The molecule has 35 heavy (non-hydrogen) atoms. The molecule has 8 heteroatoms. The second-order valence-electron chi connectivity index (χ2n) is 9.16. The Labute approximate surface area is 204 Å². The van der Waals surface area contributed by atoms with E-state index >= 15 is 0 Å². The summed E-state index contributed by atoms with van der Waals surface area (Å²) in [5, 5.41) is 18.4. The van der Waals surface area contributed by atoms with Gasteiger partial charge in [-0.1, -0.05) is 30.3 Å². The van der Waals surface area contributed by atoms with E-state index in [1.54, 1.807) is 17.7 Å². The van der Waals surface area contributed by atoms with E-state index in [1.807, 2.05) is 30.3 Å². The molecule has 4 rings (SSSR count). The molecule has 0 saturated carbocycles. The number of piperidine rings is 1. The number of aromatic nitrogens is 2. The molecule has 0 spiro atoms. The molecule has 0 aliphatic carbocycles. The molecule has 2 heterocycles. The Balaban J connectivity index is 1.86. The molecule has 1 saturated heterocycles. The Hall–Kier alpha value is -3.54. The molecule has 0 radical (unpaired) electrons. The van der Waals surface area contributed by atoms with Crippen molar-refractivity contribution in [2.45, 2.75) is 25.3 Å². The van der Waals surface area contributed by atoms with Crippen LogP contribution in [0.1, 0.15) is 24.0 Å². The number of hydrogen-bond donors (Lipinski definition) is 1. The molecule has 0 amide bonds. The van der Waals surface area contributed by atoms with E-state index < -0.39 is 5.82 Å². The zero-order valence-electron chi connectivity index (χ0n) is 20.3. The molecule has 0 atom stereocenters. The summed E-state index contributed by atoms with van der Waals surface area (Å²) in [7, 11) is 5.87. The molecule has 0 bridgehead atoms. The van der Waals surface area contributed by atoms with E-state index in [1.165, 1.54) is 12.1 Å². The van der Waals surface area contributed by atoms with Crippen molar-refractivity contribution in [3.05, 3.63) is 69.8 Å². The van der Waals surface area contributed by atoms with Crippen LogP contribution < -0.4 is 10.5 Å². The Morgan fingerprint density at radius 2 is 1.80 bits per heavy atom. The molecular weight excluding hydrogens is 445 g/mol. The van der Waals surface area contributed by atoms with E-state index in [-0.39, 0.29) is 17.7 Å². The van der Waals surface area contributed by atoms with E-state index in [9.17, 15) is 14.3 Å². The second-order valence-corrected chi connectivity index (χ2v) is 9.16. The average Bonchev–Trinajstić information content (AvgIpc) is 2.86. The van der Waals surface area contributed by atoms with Crippen molar-refractivity contribution in [1.29, 1.82) is 5.26 Å². The van der Waals surface area contributed by atoms with Gasteiger partial charge in [-0.2, -0.15) is 5.26 Å². The average molecular weight is 476 g/mol. The molecule has 1 aromatic heterocycles. The lowest BCUT2D eigenvalue weighted by Crippen LogP contribution is -2.44. The van der Waals surface area contributed by atoms with Crippen LogP contribution in [0.15, 0.2) is 47.3 Å². The smallest absolute Gasteiger partial charge is 0.263 e. The minimum absolute atomic E-state index is 0.0393. The lowest BCUT2D eigenvalue weighted by Gasteiger charge is -2.36. The minimum Gasteiger partial charge on any atom is -0.396 e. The van der Waals surface area contributed by atoms with Crippen molar-refractivity contribution in [3.8, 4) is 28.5 Å². The van der Waals surface area contributed by atoms with Gasteiger partial charge in [0.15, 0.2) is 0 Å². The van der Waals surface area contributed by atoms with E-state index in [0.29, 0.717) is 40.8 Å². The van der Waals surface area contributed by atoms with Crippen molar-refractivity contribution < 1.29 is 9.50 Å². The first-order chi connectivity index (χ1) is 16.8. The first-order valence-electron chi connectivity index (χ1n) is 11.8. The normalized spacial score (nSPS) is 14.4. The molecule has 2 aromatic carbocycles. The highest BCUT2D eigenvalue weighted by atomic mass is 19.1. The molecule has 182 valence electrons. The highest BCUT2D eigenvalue weighted by molar-refractivity contribution is 5.81. The summed E-state index contributed by atoms with van der Waals surface area (Å²) in [6.07, 6.45) is 2.43. The maximum absolute atomic E-state index is 14.6. The van der Waals surface area contributed by atoms with Gasteiger partial charge in [-0.3, -0.25) is 9.36 Å². The third-order valence-corrected chi connectivity index (χ3v) is 6.75. The maximum Gasteiger partial charge on any atom is 0.263 e. The van der Waals surface area contributed by atoms with Crippen molar-refractivity contribution in [2.24, 2.45) is 7.05 Å². The van der Waals surface area contributed by atoms with Crippen LogP contribution >= 0.6 is 0 Å². The maximum atomic E-state index is 14.6. The number of benzene rings is 2. The van der Waals surface area contributed by atoms with Gasteiger partial charge in [0, 0.05) is 38.3 Å². The van der Waals surface area contributed by atoms with Crippen molar-refractivity contribution in [1.82, 2.24) is 14.5 Å². The van der Waals surface area contributed by atoms with Crippen molar-refractivity contribution >= 4 is 5.95 Å². The fourth-order valence-corrected chi connectivity index (χ4v) is 4.65. The monoisotopic (exact) mass is 475 g/mol. The van der Waals surface area contributed by atoms with E-state index in [2.05, 4.69) is 23.9 Å². The number of rotatable bonds is 6. The molecular formula is C27H30FN5O2. The predicted octanol–water partition coefficient (Wildman–Crippen LogP) is 3.19. The van der Waals surface area contributed by atoms with E-state index in [4.69, 9.17) is 10.2 Å². The van der Waals surface area contributed by atoms with Crippen LogP contribution in [0, 0.1) is 17.1 Å². The Kier molecular flexibility index (Phi) is 7.29. The number of anilines is 1. The summed E-state index contributed by atoms with van der Waals surface area (Å²) in [6.45, 7) is 1.57. The SMILES string of the molecule is CN(C)C1CCN(c2nc(-c3ccc(C#N)c(F)c3)c(-c3ccc(CCO)cc3)c(=O)n2C)CC1. The van der Waals surface area contributed by atoms with Gasteiger partial charge in [-0.15, -0.1) is 0 Å². The number of aliphatic hydroxyl groups excluding tert-OH is 1. The minimum atomic E-state index is -0.648. The molecule has 3 aromatic rings. The van der Waals surface area contributed by atoms with Crippen LogP contribution in [0.3, 0.4) is 0 Å². The van der Waals surface area contributed by atoms with Gasteiger partial charge in [0.25, 0.3) is 5.56 Å². The third-order valence-electron chi connectivity index (χ3n) is 6.75. The van der Waals surface area contributed by atoms with Gasteiger partial charge in [0.1, 0.15) is 11.9 Å². The highest BCUT2D eigenvalue weighted by Crippen LogP contribution is 2.32. The quantitative estimate of drug-likeness (QED) is 0.590. The molecule has 7 nitrogen and oxygen atoms in total. The fraction of sp³-hybridized carbons (Fsp3) is 0.370. The molecule has 1 fully saturated rings. The lowest BCUT2D eigenvalue weighted by atomic mass is 9.98. The predicted molar refractivity (Wildman–Crippen MR) is 135 cm³/mol. The zero-order valence-corrected chi connectivity index (χ0v) is 20.3. The van der Waals surface area contributed by atoms with Gasteiger partial charge in [0.2, 0.25) is 5.95 Å². The third kappa shape index (κ3) is 4.97. The Morgan fingerprint density at radius 1 is 1.14 bits per heavy atom. The molecule has 1 aliphatic heterocycles. The fourth-order valence-electron chi connectivity index (χ4n) is 4.65. The van der Waals surface area contributed by atoms with Crippen LogP contribution in [0.25, 0.3) is 22.4 Å². The summed E-state index contributed by atoms with van der Waals surface area (Å²) < 4.78 is 16.2. The topological polar surface area (TPSA) is 85.4 Å². The van der Waals surface area contributed by atoms with Crippen molar-refractivity contribution in [2.75, 3.05) is 38.7 Å². The summed E-state index contributed by atoms with van der Waals surface area (Å²) >= 11 is 0. The van der Waals surface area contributed by atoms with Crippen molar-refractivity contribution in [3.63, 3.8) is 0 Å². The summed E-state index contributed by atoms with van der Waals surface area (Å²) in [6, 6.07) is 14.0. The van der Waals surface area contributed by atoms with Gasteiger partial charge >= 0.3 is 0 Å². The largest absolute Gasteiger partial charge is 0.396 e. The van der Waals surface area contributed by atoms with E-state index in [0.717, 1.165) is 31.5 Å². The Bertz CT molecular complexity index is 1300. The van der Waals surface area contributed by atoms with Crippen LogP contribution in [0.4, 0.5) is 10.3 Å². The molecule has 1 N–H and O–H groups in total. The first kappa shape index (κ1) is 24.6. The first-order valence-corrected chi connectivity index (χ1v) is 11.8. The number of nitriles is 1. The van der Waals surface area contributed by atoms with Crippen LogP contribution in [-0.2, 0) is 13.5 Å². The number of aliphatic hydroxyl groups is 1. The van der Waals surface area contributed by atoms with Crippen LogP contribution in [0.5, 0.6) is 0 Å². The zero-order chi connectivity index (χ0) is 25.1. The molecule has 1 aliphatic rings. The number of nitrogens with zero attached hydrogens (tertiary/aromatic N) is 5. The Morgan fingerprint density at radius 3 is 2.37 bits per heavy atom. The summed E-state index contributed by atoms with van der Waals surface area (Å²) in [4.78, 5) is 23.0. The summed E-state index contributed by atoms with van der Waals surface area (Å²) in [5.74, 6) is -0.0994. The van der Waals surface area contributed by atoms with Gasteiger partial charge < -0.3 is 14.9 Å². The number of hydrogen-bond acceptors (Lipinski definition) is 6. The second kappa shape index (κ2) is 10.4. The number of halogens is 1. The van der Waals surface area contributed by atoms with Crippen LogP contribution in [0.2, 0.25) is 0 Å². The van der Waals surface area contributed by atoms with Gasteiger partial charge in [0.05, 0.1) is 16.8 Å². The summed E-state index contributed by atoms with van der Waals surface area (Å²) in [5.41, 5.74) is 2.54. The van der Waals surface area contributed by atoms with Crippen LogP contribution in [-0.4, -0.2) is 59.4 Å². The van der Waals surface area contributed by atoms with Gasteiger partial charge in [-0.05, 0) is 56.6 Å². The highest BCUT2D eigenvalue weighted by Gasteiger charge is 2.26. The standard InChI is InChI=1S/C27H30FN5O2/c1-31(2)22-10-13-33(14-11-22)27-30-25(20-8-9-21(17-29)23(28)16-20)24(26(35)32(27)3)19-6-4-18(5-7-19)12-15-34/h4-9,16,22,34H,10-15H2,1-3H3. The molecule has 0 unspecified atom stereocenters. The van der Waals surface area contributed by atoms with Gasteiger partial charge in [-0.25, -0.2) is 9.37 Å².